The summed E-state index contributed by atoms with van der Waals surface area (Å²) in [6.07, 6.45) is 5.74. The van der Waals surface area contributed by atoms with Gasteiger partial charge >= 0.3 is 0 Å². The third-order valence-electron chi connectivity index (χ3n) is 6.65. The van der Waals surface area contributed by atoms with Crippen LogP contribution in [0.2, 0.25) is 10.0 Å². The lowest BCUT2D eigenvalue weighted by atomic mass is 9.85. The number of hydrogen-bond acceptors (Lipinski definition) is 7. The van der Waals surface area contributed by atoms with Crippen molar-refractivity contribution in [2.45, 2.75) is 38.6 Å². The first-order valence-electron chi connectivity index (χ1n) is 11.8. The lowest BCUT2D eigenvalue weighted by Gasteiger charge is -2.32. The summed E-state index contributed by atoms with van der Waals surface area (Å²) in [5, 5.41) is 23.0. The van der Waals surface area contributed by atoms with Crippen LogP contribution < -0.4 is 5.32 Å². The molecule has 2 heterocycles. The number of pyridine rings is 2. The van der Waals surface area contributed by atoms with Gasteiger partial charge in [-0.3, -0.25) is 9.78 Å². The Morgan fingerprint density at radius 2 is 1.78 bits per heavy atom. The third-order valence-corrected chi connectivity index (χ3v) is 7.23. The molecule has 1 aromatic carbocycles. The highest BCUT2D eigenvalue weighted by molar-refractivity contribution is 6.37. The number of Topliss-reactive ketones (excluding diaryl/α,β-unsaturated/α-hetero) is 1. The number of rotatable bonds is 8. The van der Waals surface area contributed by atoms with Gasteiger partial charge in [0.05, 0.1) is 39.1 Å². The highest BCUT2D eigenvalue weighted by Crippen LogP contribution is 2.37. The molecule has 3 N–H and O–H groups in total. The number of aliphatic hydroxyl groups excluding tert-OH is 1. The number of anilines is 1. The summed E-state index contributed by atoms with van der Waals surface area (Å²) >= 11 is 12.3. The number of benzene rings is 1. The van der Waals surface area contributed by atoms with Gasteiger partial charge in [-0.25, -0.2) is 4.98 Å². The first kappa shape index (κ1) is 31.3. The summed E-state index contributed by atoms with van der Waals surface area (Å²) < 4.78 is 0. The van der Waals surface area contributed by atoms with E-state index in [1.807, 2.05) is 19.2 Å². The number of carbonyl (C=O) groups is 1. The van der Waals surface area contributed by atoms with E-state index in [2.05, 4.69) is 15.2 Å². The molecular formula is C26H32Cl4N4O3. The van der Waals surface area contributed by atoms with Gasteiger partial charge in [0.15, 0.2) is 11.5 Å². The third kappa shape index (κ3) is 7.37. The number of halogens is 4. The summed E-state index contributed by atoms with van der Waals surface area (Å²) in [6, 6.07) is 7.12. The highest BCUT2D eigenvalue weighted by atomic mass is 35.5. The van der Waals surface area contributed by atoms with Crippen molar-refractivity contribution in [3.05, 3.63) is 46.1 Å². The fraction of sp³-hybridized carbons (Fsp3) is 0.423. The maximum absolute atomic E-state index is 12.5. The maximum Gasteiger partial charge on any atom is 0.163 e. The van der Waals surface area contributed by atoms with Crippen molar-refractivity contribution in [2.75, 3.05) is 32.1 Å². The molecule has 3 aromatic rings. The van der Waals surface area contributed by atoms with Crippen molar-refractivity contribution in [1.29, 1.82) is 0 Å². The lowest BCUT2D eigenvalue weighted by Crippen LogP contribution is -2.33. The largest absolute Gasteiger partial charge is 0.505 e. The molecule has 1 fully saturated rings. The van der Waals surface area contributed by atoms with Gasteiger partial charge in [-0.15, -0.1) is 24.8 Å². The average Bonchev–Trinajstić information content (AvgIpc) is 2.83. The number of phenols is 1. The number of hydrogen-bond donors (Lipinski definition) is 3. The molecule has 7 nitrogen and oxygen atoms in total. The summed E-state index contributed by atoms with van der Waals surface area (Å²) in [5.74, 6) is 0.350. The molecule has 0 amide bonds. The van der Waals surface area contributed by atoms with Crippen molar-refractivity contribution in [2.24, 2.45) is 5.92 Å². The predicted octanol–water partition coefficient (Wildman–Crippen LogP) is 6.25. The van der Waals surface area contributed by atoms with Gasteiger partial charge in [0.25, 0.3) is 0 Å². The molecule has 2 aromatic heterocycles. The fourth-order valence-corrected chi connectivity index (χ4v) is 5.24. The minimum Gasteiger partial charge on any atom is -0.505 e. The van der Waals surface area contributed by atoms with Gasteiger partial charge in [0.1, 0.15) is 5.52 Å². The molecule has 0 atom stereocenters. The number of nitrogens with zero attached hydrogens (tertiary/aromatic N) is 3. The second-order valence-electron chi connectivity index (χ2n) is 9.30. The van der Waals surface area contributed by atoms with Crippen LogP contribution in [0, 0.1) is 5.92 Å². The van der Waals surface area contributed by atoms with Gasteiger partial charge in [-0.2, -0.15) is 0 Å². The van der Waals surface area contributed by atoms with E-state index in [0.29, 0.717) is 46.0 Å². The SMILES string of the molecule is CC(=O)c1cnc2ccc(-c3cc(Cl)c(O)c(Cl)c3)nc2c1NC1CCC(CN(C)CCO)CC1.Cl.Cl. The Balaban J connectivity index is 0.00000241. The van der Waals surface area contributed by atoms with Crippen LogP contribution in [-0.2, 0) is 0 Å². The summed E-state index contributed by atoms with van der Waals surface area (Å²) in [5.41, 5.74) is 3.76. The molecule has 0 bridgehead atoms. The first-order valence-corrected chi connectivity index (χ1v) is 12.6. The van der Waals surface area contributed by atoms with E-state index in [9.17, 15) is 9.90 Å². The van der Waals surface area contributed by atoms with Gasteiger partial charge in [0, 0.05) is 30.9 Å². The number of likely N-dealkylation sites (N-methyl/N-ethyl adjacent to an activating group) is 1. The molecule has 0 saturated heterocycles. The van der Waals surface area contributed by atoms with Crippen molar-refractivity contribution >= 4 is 70.5 Å². The van der Waals surface area contributed by atoms with Crippen molar-refractivity contribution in [3.8, 4) is 17.0 Å². The van der Waals surface area contributed by atoms with Crippen LogP contribution in [0.4, 0.5) is 5.69 Å². The normalized spacial score (nSPS) is 17.2. The molecule has 4 rings (SSSR count). The summed E-state index contributed by atoms with van der Waals surface area (Å²) in [7, 11) is 2.04. The number of phenolic OH excluding ortho intramolecular Hbond substituents is 1. The molecule has 0 spiro atoms. The smallest absolute Gasteiger partial charge is 0.163 e. The van der Waals surface area contributed by atoms with Crippen LogP contribution in [0.1, 0.15) is 43.0 Å². The van der Waals surface area contributed by atoms with Crippen LogP contribution in [0.25, 0.3) is 22.3 Å². The van der Waals surface area contributed by atoms with E-state index in [1.165, 1.54) is 6.92 Å². The molecule has 1 aliphatic rings. The topological polar surface area (TPSA) is 98.6 Å². The Labute approximate surface area is 239 Å². The molecule has 0 unspecified atom stereocenters. The molecule has 0 aliphatic heterocycles. The second kappa shape index (κ2) is 13.8. The number of ketones is 1. The first-order chi connectivity index (χ1) is 16.8. The molecule has 202 valence electrons. The van der Waals surface area contributed by atoms with Crippen molar-refractivity contribution in [3.63, 3.8) is 0 Å². The number of fused-ring (bicyclic) bond motifs is 1. The van der Waals surface area contributed by atoms with Gasteiger partial charge in [-0.1, -0.05) is 23.2 Å². The number of aromatic nitrogens is 2. The Bertz CT molecular complexity index is 1210. The molecule has 11 heteroatoms. The number of carbonyl (C=O) groups excluding carboxylic acids is 1. The highest BCUT2D eigenvalue weighted by Gasteiger charge is 2.24. The van der Waals surface area contributed by atoms with Gasteiger partial charge < -0.3 is 20.4 Å². The molecule has 1 saturated carbocycles. The van der Waals surface area contributed by atoms with E-state index in [0.717, 1.165) is 32.2 Å². The van der Waals surface area contributed by atoms with Gasteiger partial charge in [0.2, 0.25) is 0 Å². The van der Waals surface area contributed by atoms with E-state index in [-0.39, 0.29) is 59.0 Å². The Morgan fingerprint density at radius 1 is 1.14 bits per heavy atom. The quantitative estimate of drug-likeness (QED) is 0.267. The number of aromatic hydroxyl groups is 1. The number of nitrogens with one attached hydrogen (secondary N) is 1. The zero-order valence-electron chi connectivity index (χ0n) is 20.7. The Hall–Kier alpha value is -1.87. The zero-order valence-corrected chi connectivity index (χ0v) is 23.9. The van der Waals surface area contributed by atoms with E-state index in [1.54, 1.807) is 18.3 Å². The average molecular weight is 590 g/mol. The predicted molar refractivity (Wildman–Crippen MR) is 155 cm³/mol. The summed E-state index contributed by atoms with van der Waals surface area (Å²) in [6.45, 7) is 3.38. The monoisotopic (exact) mass is 588 g/mol. The molecule has 37 heavy (non-hydrogen) atoms. The minimum atomic E-state index is -0.168. The molecule has 0 radical (unpaired) electrons. The van der Waals surface area contributed by atoms with E-state index in [4.69, 9.17) is 33.3 Å². The van der Waals surface area contributed by atoms with Gasteiger partial charge in [-0.05, 0) is 69.8 Å². The number of aliphatic hydroxyl groups is 1. The zero-order chi connectivity index (χ0) is 25.1. The molecular weight excluding hydrogens is 558 g/mol. The Morgan fingerprint density at radius 3 is 2.38 bits per heavy atom. The van der Waals surface area contributed by atoms with Crippen molar-refractivity contribution in [1.82, 2.24) is 14.9 Å². The minimum absolute atomic E-state index is 0. The second-order valence-corrected chi connectivity index (χ2v) is 10.1. The van der Waals surface area contributed by atoms with E-state index < -0.39 is 0 Å². The fourth-order valence-electron chi connectivity index (χ4n) is 4.75. The summed E-state index contributed by atoms with van der Waals surface area (Å²) in [4.78, 5) is 23.9. The maximum atomic E-state index is 12.5. The lowest BCUT2D eigenvalue weighted by molar-refractivity contribution is 0.101. The van der Waals surface area contributed by atoms with E-state index >= 15 is 0 Å². The molecule has 1 aliphatic carbocycles. The van der Waals surface area contributed by atoms with Crippen LogP contribution >= 0.6 is 48.0 Å². The Kier molecular flexibility index (Phi) is 11.7. The van der Waals surface area contributed by atoms with Crippen LogP contribution in [-0.4, -0.2) is 63.7 Å². The van der Waals surface area contributed by atoms with Crippen LogP contribution in [0.3, 0.4) is 0 Å². The van der Waals surface area contributed by atoms with Crippen LogP contribution in [0.15, 0.2) is 30.5 Å². The van der Waals surface area contributed by atoms with Crippen molar-refractivity contribution < 1.29 is 15.0 Å². The standard InChI is InChI=1S/C26H30Cl2N4O3.2ClH/c1-15(34)19-13-29-23-8-7-22(17-11-20(27)26(35)21(28)12-17)31-25(23)24(19)30-18-5-3-16(4-6-18)14-32(2)9-10-33;;/h7-8,11-13,16,18,33,35H,3-6,9-10,14H2,1-2H3,(H,29,30);2*1H. The van der Waals surface area contributed by atoms with Crippen LogP contribution in [0.5, 0.6) is 5.75 Å².